The third-order valence-corrected chi connectivity index (χ3v) is 0. The van der Waals surface area contributed by atoms with E-state index in [0.717, 1.165) is 30.4 Å². The fraction of sp³-hybridized carbons (Fsp3) is 1.00. The van der Waals surface area contributed by atoms with Crippen molar-refractivity contribution in [1.82, 2.24) is 0 Å². The SMILES string of the molecule is C[N-]C.C[N-]C.[CH3][Al+][CH3].[CH3][Al+][CH3]. The fourth-order valence-electron chi connectivity index (χ4n) is 0. The molecule has 4 heteroatoms. The van der Waals surface area contributed by atoms with Crippen molar-refractivity contribution >= 4 is 30.4 Å². The van der Waals surface area contributed by atoms with Crippen LogP contribution in [0.25, 0.3) is 10.6 Å². The summed E-state index contributed by atoms with van der Waals surface area (Å²) in [6.07, 6.45) is 0. The maximum absolute atomic E-state index is 3.50. The zero-order valence-electron chi connectivity index (χ0n) is 10.0. The van der Waals surface area contributed by atoms with Crippen LogP contribution in [0.4, 0.5) is 0 Å². The minimum atomic E-state index is 0.750. The average Bonchev–Trinajstić information content (AvgIpc) is 1.92. The molecule has 0 aliphatic heterocycles. The van der Waals surface area contributed by atoms with Crippen molar-refractivity contribution in [1.29, 1.82) is 0 Å². The Labute approximate surface area is 92.3 Å². The van der Waals surface area contributed by atoms with Gasteiger partial charge in [-0.25, -0.2) is 0 Å². The van der Waals surface area contributed by atoms with Gasteiger partial charge in [-0.3, -0.25) is 0 Å². The quantitative estimate of drug-likeness (QED) is 0.540. The second-order valence-electron chi connectivity index (χ2n) is 2.05. The molecule has 0 aliphatic carbocycles. The second-order valence-corrected chi connectivity index (χ2v) is 4.36. The summed E-state index contributed by atoms with van der Waals surface area (Å²) in [6.45, 7) is 0. The molecule has 2 nitrogen and oxygen atoms in total. The van der Waals surface area contributed by atoms with Crippen LogP contribution in [0, 0.1) is 0 Å². The molecule has 0 radical (unpaired) electrons. The van der Waals surface area contributed by atoms with Gasteiger partial charge in [0.05, 0.1) is 0 Å². The Morgan fingerprint density at radius 3 is 0.583 bits per heavy atom. The topological polar surface area (TPSA) is 28.2 Å². The minimum absolute atomic E-state index is 0.750. The first-order chi connectivity index (χ1) is 5.66. The van der Waals surface area contributed by atoms with Crippen molar-refractivity contribution < 1.29 is 0 Å². The molecule has 12 heavy (non-hydrogen) atoms. The van der Waals surface area contributed by atoms with E-state index >= 15 is 0 Å². The van der Waals surface area contributed by atoms with Crippen molar-refractivity contribution in [3.8, 4) is 0 Å². The molecule has 72 valence electrons. The van der Waals surface area contributed by atoms with Crippen molar-refractivity contribution in [2.75, 3.05) is 28.2 Å². The van der Waals surface area contributed by atoms with Crippen LogP contribution < -0.4 is 0 Å². The Kier molecular flexibility index (Phi) is 112. The number of nitrogens with zero attached hydrogens (tertiary/aromatic N) is 2. The molecule has 0 unspecified atom stereocenters. The maximum atomic E-state index is 3.50. The van der Waals surface area contributed by atoms with E-state index in [1.165, 1.54) is 0 Å². The standard InChI is InChI=1S/2C2H6N.4CH3.2Al/c2*1-3-2;;;;;;/h2*1-2H3;4*1H3;;/q2*-1;;;;;2*+1. The Bertz CT molecular complexity index is 23.0. The van der Waals surface area contributed by atoms with E-state index in [9.17, 15) is 0 Å². The summed E-state index contributed by atoms with van der Waals surface area (Å²) in [5.41, 5.74) is 0. The predicted octanol–water partition coefficient (Wildman–Crippen LogP) is 2.81. The van der Waals surface area contributed by atoms with E-state index in [2.05, 4.69) is 33.8 Å². The molecule has 0 N–H and O–H groups in total. The van der Waals surface area contributed by atoms with E-state index in [4.69, 9.17) is 0 Å². The number of rotatable bonds is 0. The first-order valence-corrected chi connectivity index (χ1v) is 8.72. The Morgan fingerprint density at radius 1 is 0.583 bits per heavy atom. The van der Waals surface area contributed by atoms with Crippen molar-refractivity contribution in [2.45, 2.75) is 23.1 Å². The van der Waals surface area contributed by atoms with Crippen molar-refractivity contribution in [3.63, 3.8) is 0 Å². The van der Waals surface area contributed by atoms with Gasteiger partial charge in [-0.2, -0.15) is 28.2 Å². The van der Waals surface area contributed by atoms with Crippen LogP contribution >= 0.6 is 0 Å². The second kappa shape index (κ2) is 58.2. The van der Waals surface area contributed by atoms with Crippen LogP contribution in [0.3, 0.4) is 0 Å². The molecule has 0 rings (SSSR count). The van der Waals surface area contributed by atoms with E-state index in [0.29, 0.717) is 0 Å². The van der Waals surface area contributed by atoms with Gasteiger partial charge in [0, 0.05) is 0 Å². The van der Waals surface area contributed by atoms with E-state index in [-0.39, 0.29) is 0 Å². The molecule has 0 amide bonds. The summed E-state index contributed by atoms with van der Waals surface area (Å²) in [5, 5.41) is 7.00. The van der Waals surface area contributed by atoms with Crippen LogP contribution in [0.1, 0.15) is 0 Å². The number of hydrogen-bond donors (Lipinski definition) is 0. The molecule has 0 bridgehead atoms. The molecule has 0 aromatic rings. The average molecular weight is 202 g/mol. The van der Waals surface area contributed by atoms with Crippen LogP contribution in [0.15, 0.2) is 0 Å². The van der Waals surface area contributed by atoms with Crippen molar-refractivity contribution in [3.05, 3.63) is 10.6 Å². The van der Waals surface area contributed by atoms with Gasteiger partial charge in [-0.05, 0) is 0 Å². The van der Waals surface area contributed by atoms with Gasteiger partial charge in [0.1, 0.15) is 0 Å². The van der Waals surface area contributed by atoms with Gasteiger partial charge in [-0.1, -0.05) is 0 Å². The molecule has 0 atom stereocenters. The summed E-state index contributed by atoms with van der Waals surface area (Å²) >= 11 is 1.50. The molecule has 0 spiro atoms. The van der Waals surface area contributed by atoms with E-state index < -0.39 is 0 Å². The van der Waals surface area contributed by atoms with Crippen LogP contribution in [-0.2, 0) is 0 Å². The third kappa shape index (κ3) is 1130. The monoisotopic (exact) mass is 202 g/mol. The van der Waals surface area contributed by atoms with Gasteiger partial charge >= 0.3 is 53.6 Å². The zero-order valence-corrected chi connectivity index (χ0v) is 12.4. The molecule has 0 saturated carbocycles. The van der Waals surface area contributed by atoms with Crippen LogP contribution in [0.5, 0.6) is 0 Å². The predicted molar refractivity (Wildman–Crippen MR) is 65.4 cm³/mol. The molecule has 0 aliphatic rings. The van der Waals surface area contributed by atoms with E-state index in [1.54, 1.807) is 28.2 Å². The van der Waals surface area contributed by atoms with Crippen LogP contribution in [0.2, 0.25) is 23.1 Å². The Hall–Kier alpha value is 0.985. The summed E-state index contributed by atoms with van der Waals surface area (Å²) in [6, 6.07) is 0. The molecule has 0 aromatic heterocycles. The van der Waals surface area contributed by atoms with Gasteiger partial charge in [0.15, 0.2) is 0 Å². The number of hydrogen-bond acceptors (Lipinski definition) is 0. The van der Waals surface area contributed by atoms with Gasteiger partial charge in [-0.15, -0.1) is 0 Å². The molecule has 0 saturated heterocycles. The van der Waals surface area contributed by atoms with E-state index in [1.807, 2.05) is 0 Å². The Balaban J connectivity index is -0.0000000356. The summed E-state index contributed by atoms with van der Waals surface area (Å²) in [4.78, 5) is 0. The zero-order chi connectivity index (χ0) is 10.8. The summed E-state index contributed by atoms with van der Waals surface area (Å²) in [7, 11) is 7.00. The third-order valence-electron chi connectivity index (χ3n) is 0. The fourth-order valence-corrected chi connectivity index (χ4v) is 0. The van der Waals surface area contributed by atoms with Crippen LogP contribution in [-0.4, -0.2) is 58.6 Å². The molecule has 0 aromatic carbocycles. The molecular weight excluding hydrogens is 178 g/mol. The van der Waals surface area contributed by atoms with Gasteiger partial charge in [0.25, 0.3) is 0 Å². The van der Waals surface area contributed by atoms with Crippen molar-refractivity contribution in [2.24, 2.45) is 0 Å². The van der Waals surface area contributed by atoms with Gasteiger partial charge in [0.2, 0.25) is 0 Å². The van der Waals surface area contributed by atoms with Gasteiger partial charge < -0.3 is 10.6 Å². The summed E-state index contributed by atoms with van der Waals surface area (Å²) < 4.78 is 0. The summed E-state index contributed by atoms with van der Waals surface area (Å²) in [5.74, 6) is 8.83. The first-order valence-electron chi connectivity index (χ1n) is 4.10. The Morgan fingerprint density at radius 2 is 0.583 bits per heavy atom. The first kappa shape index (κ1) is 23.1. The molecule has 0 heterocycles. The normalized spacial score (nSPS) is 4.67. The molecular formula is C8H24Al2N2. The molecule has 0 fully saturated rings.